The highest BCUT2D eigenvalue weighted by Gasteiger charge is 2.28. The fourth-order valence-corrected chi connectivity index (χ4v) is 5.67. The molecule has 2 heterocycles. The SMILES string of the molecule is CC(C)C[C@H](NC(=O)c1ccc2c(c1)nc(Cc1cccs1)n2[C@@H]1CCCC[C@@H]1C)C(=O)O. The van der Waals surface area contributed by atoms with Crippen molar-refractivity contribution in [2.75, 3.05) is 0 Å². The van der Waals surface area contributed by atoms with Crippen molar-refractivity contribution in [2.45, 2.75) is 71.4 Å². The van der Waals surface area contributed by atoms with Crippen LogP contribution in [0.5, 0.6) is 0 Å². The van der Waals surface area contributed by atoms with Crippen LogP contribution in [0.1, 0.15) is 80.0 Å². The standard InChI is InChI=1S/C26H33N3O3S/c1-16(2)13-21(26(31)32)28-25(30)18-10-11-23-20(14-18)27-24(15-19-8-6-12-33-19)29(23)22-9-5-4-7-17(22)3/h6,8,10-12,14,16-17,21-22H,4-5,7,9,13,15H2,1-3H3,(H,28,30)(H,31,32)/t17-,21-,22+/m0/s1. The van der Waals surface area contributed by atoms with Crippen molar-refractivity contribution in [3.05, 3.63) is 52.0 Å². The number of carboxylic acids is 1. The van der Waals surface area contributed by atoms with Crippen molar-refractivity contribution >= 4 is 34.2 Å². The molecule has 6 nitrogen and oxygen atoms in total. The van der Waals surface area contributed by atoms with Gasteiger partial charge in [0.1, 0.15) is 11.9 Å². The number of thiophene rings is 1. The maximum atomic E-state index is 12.9. The summed E-state index contributed by atoms with van der Waals surface area (Å²) in [5.41, 5.74) is 2.29. The van der Waals surface area contributed by atoms with Crippen LogP contribution < -0.4 is 5.32 Å². The molecule has 3 aromatic rings. The zero-order valence-electron chi connectivity index (χ0n) is 19.6. The second-order valence-electron chi connectivity index (χ2n) is 9.68. The predicted octanol–water partition coefficient (Wildman–Crippen LogP) is 5.67. The number of aromatic nitrogens is 2. The van der Waals surface area contributed by atoms with Crippen LogP contribution >= 0.6 is 11.3 Å². The first-order valence-corrected chi connectivity index (χ1v) is 12.8. The van der Waals surface area contributed by atoms with E-state index in [0.29, 0.717) is 23.9 Å². The largest absolute Gasteiger partial charge is 0.480 e. The average Bonchev–Trinajstić information content (AvgIpc) is 3.40. The van der Waals surface area contributed by atoms with E-state index in [1.165, 1.54) is 24.1 Å². The number of fused-ring (bicyclic) bond motifs is 1. The Labute approximate surface area is 199 Å². The maximum Gasteiger partial charge on any atom is 0.326 e. The number of hydrogen-bond acceptors (Lipinski definition) is 4. The lowest BCUT2D eigenvalue weighted by atomic mass is 9.85. The van der Waals surface area contributed by atoms with Gasteiger partial charge in [-0.25, -0.2) is 9.78 Å². The van der Waals surface area contributed by atoms with Crippen molar-refractivity contribution in [3.63, 3.8) is 0 Å². The predicted molar refractivity (Wildman–Crippen MR) is 132 cm³/mol. The summed E-state index contributed by atoms with van der Waals surface area (Å²) in [5.74, 6) is 0.402. The second-order valence-corrected chi connectivity index (χ2v) is 10.7. The molecule has 0 spiro atoms. The maximum absolute atomic E-state index is 12.9. The van der Waals surface area contributed by atoms with Crippen LogP contribution in [-0.2, 0) is 11.2 Å². The minimum absolute atomic E-state index is 0.168. The van der Waals surface area contributed by atoms with E-state index in [1.54, 1.807) is 23.5 Å². The number of imidazole rings is 1. The topological polar surface area (TPSA) is 84.2 Å². The van der Waals surface area contributed by atoms with Gasteiger partial charge in [-0.05, 0) is 60.7 Å². The van der Waals surface area contributed by atoms with Crippen molar-refractivity contribution < 1.29 is 14.7 Å². The lowest BCUT2D eigenvalue weighted by Crippen LogP contribution is -2.41. The molecule has 1 aliphatic rings. The third kappa shape index (κ3) is 5.29. The van der Waals surface area contributed by atoms with Gasteiger partial charge in [-0.2, -0.15) is 0 Å². The van der Waals surface area contributed by atoms with Gasteiger partial charge in [0.25, 0.3) is 5.91 Å². The number of aliphatic carboxylic acids is 1. The van der Waals surface area contributed by atoms with Gasteiger partial charge in [-0.15, -0.1) is 11.3 Å². The van der Waals surface area contributed by atoms with Crippen molar-refractivity contribution in [2.24, 2.45) is 11.8 Å². The lowest BCUT2D eigenvalue weighted by molar-refractivity contribution is -0.139. The molecule has 3 atom stereocenters. The molecule has 33 heavy (non-hydrogen) atoms. The summed E-state index contributed by atoms with van der Waals surface area (Å²) in [7, 11) is 0. The Kier molecular flexibility index (Phi) is 7.17. The Balaban J connectivity index is 1.68. The van der Waals surface area contributed by atoms with Crippen LogP contribution in [0.25, 0.3) is 11.0 Å². The van der Waals surface area contributed by atoms with E-state index >= 15 is 0 Å². The van der Waals surface area contributed by atoms with E-state index in [4.69, 9.17) is 4.98 Å². The Morgan fingerprint density at radius 1 is 1.24 bits per heavy atom. The minimum atomic E-state index is -1.01. The number of hydrogen-bond donors (Lipinski definition) is 2. The van der Waals surface area contributed by atoms with E-state index in [2.05, 4.69) is 34.3 Å². The van der Waals surface area contributed by atoms with Gasteiger partial charge < -0.3 is 15.0 Å². The van der Waals surface area contributed by atoms with E-state index in [9.17, 15) is 14.7 Å². The number of carbonyl (C=O) groups excluding carboxylic acids is 1. The van der Waals surface area contributed by atoms with Gasteiger partial charge >= 0.3 is 5.97 Å². The Morgan fingerprint density at radius 3 is 2.70 bits per heavy atom. The van der Waals surface area contributed by atoms with Crippen molar-refractivity contribution in [3.8, 4) is 0 Å². The molecule has 7 heteroatoms. The van der Waals surface area contributed by atoms with E-state index < -0.39 is 12.0 Å². The Hall–Kier alpha value is -2.67. The highest BCUT2D eigenvalue weighted by atomic mass is 32.1. The molecule has 1 amide bonds. The molecule has 0 unspecified atom stereocenters. The van der Waals surface area contributed by atoms with Crippen LogP contribution in [0.2, 0.25) is 0 Å². The molecule has 0 bridgehead atoms. The Morgan fingerprint density at radius 2 is 2.03 bits per heavy atom. The highest BCUT2D eigenvalue weighted by Crippen LogP contribution is 2.37. The van der Waals surface area contributed by atoms with Crippen molar-refractivity contribution in [1.82, 2.24) is 14.9 Å². The summed E-state index contributed by atoms with van der Waals surface area (Å²) in [6.45, 7) is 6.22. The van der Waals surface area contributed by atoms with E-state index in [0.717, 1.165) is 29.7 Å². The summed E-state index contributed by atoms with van der Waals surface area (Å²) in [4.78, 5) is 30.7. The van der Waals surface area contributed by atoms with E-state index in [-0.39, 0.29) is 11.8 Å². The fourth-order valence-electron chi connectivity index (χ4n) is 4.97. The minimum Gasteiger partial charge on any atom is -0.480 e. The first kappa shape index (κ1) is 23.5. The van der Waals surface area contributed by atoms with Gasteiger partial charge in [0.05, 0.1) is 11.0 Å². The third-order valence-corrected chi connectivity index (χ3v) is 7.52. The quantitative estimate of drug-likeness (QED) is 0.447. The molecule has 1 aliphatic carbocycles. The second kappa shape index (κ2) is 10.1. The normalized spacial score (nSPS) is 19.6. The van der Waals surface area contributed by atoms with Gasteiger partial charge in [0.2, 0.25) is 0 Å². The zero-order valence-corrected chi connectivity index (χ0v) is 20.4. The average molecular weight is 468 g/mol. The molecular weight excluding hydrogens is 434 g/mol. The van der Waals surface area contributed by atoms with Crippen LogP contribution in [0, 0.1) is 11.8 Å². The van der Waals surface area contributed by atoms with Gasteiger partial charge in [-0.1, -0.05) is 39.7 Å². The zero-order chi connectivity index (χ0) is 23.5. The summed E-state index contributed by atoms with van der Waals surface area (Å²) in [6.07, 6.45) is 6.02. The summed E-state index contributed by atoms with van der Waals surface area (Å²) in [5, 5.41) is 14.3. The number of nitrogens with one attached hydrogen (secondary N) is 1. The molecule has 4 rings (SSSR count). The molecular formula is C26H33N3O3S. The summed E-state index contributed by atoms with van der Waals surface area (Å²) < 4.78 is 2.40. The molecule has 2 N–H and O–H groups in total. The highest BCUT2D eigenvalue weighted by molar-refractivity contribution is 7.09. The van der Waals surface area contributed by atoms with Crippen LogP contribution in [-0.4, -0.2) is 32.6 Å². The molecule has 1 aromatic carbocycles. The smallest absolute Gasteiger partial charge is 0.326 e. The molecule has 0 radical (unpaired) electrons. The molecule has 2 aromatic heterocycles. The molecule has 0 aliphatic heterocycles. The number of nitrogens with zero attached hydrogens (tertiary/aromatic N) is 2. The number of carboxylic acid groups (broad SMARTS) is 1. The molecule has 0 saturated heterocycles. The number of rotatable bonds is 8. The lowest BCUT2D eigenvalue weighted by Gasteiger charge is -2.31. The van der Waals surface area contributed by atoms with Crippen LogP contribution in [0.15, 0.2) is 35.7 Å². The molecule has 1 fully saturated rings. The van der Waals surface area contributed by atoms with Crippen LogP contribution in [0.4, 0.5) is 0 Å². The first-order valence-electron chi connectivity index (χ1n) is 11.9. The van der Waals surface area contributed by atoms with Crippen LogP contribution in [0.3, 0.4) is 0 Å². The third-order valence-electron chi connectivity index (χ3n) is 6.65. The van der Waals surface area contributed by atoms with E-state index in [1.807, 2.05) is 19.9 Å². The number of carbonyl (C=O) groups is 2. The Bertz CT molecular complexity index is 1120. The number of benzene rings is 1. The first-order chi connectivity index (χ1) is 15.8. The van der Waals surface area contributed by atoms with Gasteiger partial charge in [0, 0.05) is 22.9 Å². The van der Waals surface area contributed by atoms with Gasteiger partial charge in [-0.3, -0.25) is 4.79 Å². The molecule has 176 valence electrons. The summed E-state index contributed by atoms with van der Waals surface area (Å²) >= 11 is 1.73. The fraction of sp³-hybridized carbons (Fsp3) is 0.500. The summed E-state index contributed by atoms with van der Waals surface area (Å²) in [6, 6.07) is 9.29. The van der Waals surface area contributed by atoms with Crippen molar-refractivity contribution in [1.29, 1.82) is 0 Å². The number of amides is 1. The monoisotopic (exact) mass is 467 g/mol. The molecule has 1 saturated carbocycles. The van der Waals surface area contributed by atoms with Gasteiger partial charge in [0.15, 0.2) is 0 Å².